The van der Waals surface area contributed by atoms with Crippen LogP contribution in [0.25, 0.3) is 0 Å². The Labute approximate surface area is 296 Å². The fourth-order valence-electron chi connectivity index (χ4n) is 5.60. The van der Waals surface area contributed by atoms with Crippen molar-refractivity contribution < 1.29 is 10.2 Å². The van der Waals surface area contributed by atoms with Crippen LogP contribution in [0.4, 0.5) is 0 Å². The van der Waals surface area contributed by atoms with E-state index in [9.17, 15) is 10.2 Å². The van der Waals surface area contributed by atoms with E-state index in [2.05, 4.69) is 111 Å². The molecule has 48 heavy (non-hydrogen) atoms. The van der Waals surface area contributed by atoms with Crippen molar-refractivity contribution in [1.29, 1.82) is 0 Å². The molecule has 0 unspecified atom stereocenters. The van der Waals surface area contributed by atoms with Crippen molar-refractivity contribution in [3.63, 3.8) is 0 Å². The Hall–Kier alpha value is -3.26. The predicted molar refractivity (Wildman–Crippen MR) is 214 cm³/mol. The molecular formula is C46H70O2. The van der Waals surface area contributed by atoms with Gasteiger partial charge in [-0.15, -0.1) is 0 Å². The molecule has 0 aliphatic carbocycles. The van der Waals surface area contributed by atoms with Crippen LogP contribution in [0.2, 0.25) is 0 Å². The second-order valence-electron chi connectivity index (χ2n) is 14.4. The first-order chi connectivity index (χ1) is 22.8. The Morgan fingerprint density at radius 3 is 1.02 bits per heavy atom. The topological polar surface area (TPSA) is 40.5 Å². The first-order valence-electron chi connectivity index (χ1n) is 18.6. The van der Waals surface area contributed by atoms with Crippen LogP contribution < -0.4 is 0 Å². The minimum Gasteiger partial charge on any atom is -0.508 e. The first-order valence-corrected chi connectivity index (χ1v) is 18.6. The Kier molecular flexibility index (Phi) is 22.9. The molecule has 0 spiro atoms. The predicted octanol–water partition coefficient (Wildman–Crippen LogP) is 14.7. The van der Waals surface area contributed by atoms with E-state index in [1.54, 1.807) is 12.1 Å². The molecule has 1 rings (SSSR count). The molecule has 0 aliphatic heterocycles. The van der Waals surface area contributed by atoms with Crippen LogP contribution in [0.3, 0.4) is 0 Å². The monoisotopic (exact) mass is 655 g/mol. The third-order valence-electron chi connectivity index (χ3n) is 9.01. The fourth-order valence-corrected chi connectivity index (χ4v) is 5.60. The molecule has 2 nitrogen and oxygen atoms in total. The minimum atomic E-state index is 0.192. The molecule has 0 heterocycles. The second kappa shape index (κ2) is 25.7. The molecule has 0 saturated carbocycles. The van der Waals surface area contributed by atoms with Crippen LogP contribution >= 0.6 is 0 Å². The van der Waals surface area contributed by atoms with Gasteiger partial charge in [-0.05, 0) is 177 Å². The van der Waals surface area contributed by atoms with E-state index in [0.717, 1.165) is 76.2 Å². The average Bonchev–Trinajstić information content (AvgIpc) is 3.01. The molecule has 2 heteroatoms. The largest absolute Gasteiger partial charge is 0.508 e. The Morgan fingerprint density at radius 2 is 0.708 bits per heavy atom. The van der Waals surface area contributed by atoms with Gasteiger partial charge in [0.2, 0.25) is 0 Å². The third-order valence-corrected chi connectivity index (χ3v) is 9.01. The Balaban J connectivity index is 2.25. The van der Waals surface area contributed by atoms with Crippen molar-refractivity contribution in [2.45, 2.75) is 159 Å². The van der Waals surface area contributed by atoms with Crippen molar-refractivity contribution in [3.8, 4) is 11.5 Å². The summed E-state index contributed by atoms with van der Waals surface area (Å²) in [4.78, 5) is 0. The maximum Gasteiger partial charge on any atom is 0.119 e. The summed E-state index contributed by atoms with van der Waals surface area (Å²) in [7, 11) is 0. The van der Waals surface area contributed by atoms with Crippen molar-refractivity contribution in [1.82, 2.24) is 0 Å². The summed E-state index contributed by atoms with van der Waals surface area (Å²) in [5.74, 6) is 0.429. The van der Waals surface area contributed by atoms with Crippen molar-refractivity contribution in [2.75, 3.05) is 0 Å². The SMILES string of the molecule is CC(C)=CCC/C(C)=C/CC/C(C)=C/CC/C(C)=C/CC/C(C)=C\CC/C(C)=C/CC/C(C)=C/CC/C(C)=C/Cc1cc(O)ccc1O. The molecule has 0 amide bonds. The average molecular weight is 655 g/mol. The molecule has 0 bridgehead atoms. The highest BCUT2D eigenvalue weighted by molar-refractivity contribution is 5.40. The van der Waals surface area contributed by atoms with Gasteiger partial charge >= 0.3 is 0 Å². The zero-order chi connectivity index (χ0) is 35.7. The molecule has 2 N–H and O–H groups in total. The van der Waals surface area contributed by atoms with Gasteiger partial charge in [-0.25, -0.2) is 0 Å². The van der Waals surface area contributed by atoms with Gasteiger partial charge in [-0.1, -0.05) is 93.2 Å². The number of phenolic OH excluding ortho intramolecular Hbond substituents is 2. The lowest BCUT2D eigenvalue weighted by atomic mass is 10.0. The third kappa shape index (κ3) is 23.1. The van der Waals surface area contributed by atoms with Crippen LogP contribution in [0.1, 0.15) is 158 Å². The second-order valence-corrected chi connectivity index (χ2v) is 14.4. The van der Waals surface area contributed by atoms with E-state index < -0.39 is 0 Å². The van der Waals surface area contributed by atoms with Crippen LogP contribution in [0.5, 0.6) is 11.5 Å². The maximum atomic E-state index is 9.95. The van der Waals surface area contributed by atoms with E-state index in [1.807, 2.05) is 0 Å². The number of hydrogen-bond donors (Lipinski definition) is 2. The number of allylic oxidation sites excluding steroid dienone is 16. The van der Waals surface area contributed by atoms with Gasteiger partial charge in [0.25, 0.3) is 0 Å². The van der Waals surface area contributed by atoms with E-state index in [4.69, 9.17) is 0 Å². The molecule has 266 valence electrons. The number of benzene rings is 1. The minimum absolute atomic E-state index is 0.192. The summed E-state index contributed by atoms with van der Waals surface area (Å²) in [5, 5.41) is 19.6. The first kappa shape index (κ1) is 42.8. The molecule has 0 aromatic heterocycles. The lowest BCUT2D eigenvalue weighted by Gasteiger charge is -2.05. The summed E-state index contributed by atoms with van der Waals surface area (Å²) in [6.45, 7) is 20.1. The lowest BCUT2D eigenvalue weighted by Crippen LogP contribution is -1.86. The van der Waals surface area contributed by atoms with Crippen molar-refractivity contribution in [2.24, 2.45) is 0 Å². The van der Waals surface area contributed by atoms with E-state index >= 15 is 0 Å². The van der Waals surface area contributed by atoms with Crippen LogP contribution in [-0.4, -0.2) is 10.2 Å². The van der Waals surface area contributed by atoms with Gasteiger partial charge in [0.1, 0.15) is 11.5 Å². The highest BCUT2D eigenvalue weighted by Gasteiger charge is 2.01. The molecule has 1 aromatic rings. The van der Waals surface area contributed by atoms with Crippen molar-refractivity contribution in [3.05, 3.63) is 117 Å². The smallest absolute Gasteiger partial charge is 0.119 e. The normalized spacial score (nSPS) is 14.1. The van der Waals surface area contributed by atoms with Gasteiger partial charge in [0.05, 0.1) is 0 Å². The summed E-state index contributed by atoms with van der Waals surface area (Å²) >= 11 is 0. The Bertz CT molecular complexity index is 1330. The molecule has 0 saturated heterocycles. The van der Waals surface area contributed by atoms with E-state index in [1.165, 1.54) is 69.9 Å². The molecule has 0 radical (unpaired) electrons. The van der Waals surface area contributed by atoms with Gasteiger partial charge in [0, 0.05) is 5.56 Å². The number of aromatic hydroxyl groups is 2. The maximum absolute atomic E-state index is 9.95. The summed E-state index contributed by atoms with van der Waals surface area (Å²) in [5.41, 5.74) is 12.5. The number of rotatable bonds is 23. The van der Waals surface area contributed by atoms with Crippen LogP contribution in [0.15, 0.2) is 111 Å². The molecule has 0 fully saturated rings. The van der Waals surface area contributed by atoms with Crippen LogP contribution in [-0.2, 0) is 6.42 Å². The molecular weight excluding hydrogens is 585 g/mol. The van der Waals surface area contributed by atoms with Gasteiger partial charge in [-0.3, -0.25) is 0 Å². The van der Waals surface area contributed by atoms with E-state index in [0.29, 0.717) is 6.42 Å². The molecule has 0 atom stereocenters. The summed E-state index contributed by atoms with van der Waals surface area (Å²) in [6.07, 6.45) is 35.5. The summed E-state index contributed by atoms with van der Waals surface area (Å²) in [6, 6.07) is 4.69. The quantitative estimate of drug-likeness (QED) is 0.0910. The Morgan fingerprint density at radius 1 is 0.417 bits per heavy atom. The zero-order valence-corrected chi connectivity index (χ0v) is 32.4. The van der Waals surface area contributed by atoms with Gasteiger partial charge in [-0.2, -0.15) is 0 Å². The highest BCUT2D eigenvalue weighted by atomic mass is 16.3. The lowest BCUT2D eigenvalue weighted by molar-refractivity contribution is 0.455. The molecule has 0 aliphatic rings. The molecule has 1 aromatic carbocycles. The van der Waals surface area contributed by atoms with Gasteiger partial charge in [0.15, 0.2) is 0 Å². The van der Waals surface area contributed by atoms with Crippen LogP contribution in [0, 0.1) is 0 Å². The van der Waals surface area contributed by atoms with E-state index in [-0.39, 0.29) is 11.5 Å². The zero-order valence-electron chi connectivity index (χ0n) is 32.4. The fraction of sp³-hybridized carbons (Fsp3) is 0.522. The standard InChI is InChI=1S/C46H70O2/c1-36(2)17-10-18-37(3)19-11-20-38(4)21-12-22-39(5)23-13-24-40(6)25-14-26-41(7)27-15-28-42(8)29-16-30-43(9)31-32-44-35-45(47)33-34-46(44)48/h17,19,21,23,25,27,29,31,33-35,47-48H,10-16,18,20,22,24,26,28,30,32H2,1-9H3/b37-19+,38-21+,39-23+,40-25-,41-27+,42-29+,43-31+. The highest BCUT2D eigenvalue weighted by Crippen LogP contribution is 2.24. The number of phenols is 2. The summed E-state index contributed by atoms with van der Waals surface area (Å²) < 4.78 is 0. The van der Waals surface area contributed by atoms with Gasteiger partial charge < -0.3 is 10.2 Å². The van der Waals surface area contributed by atoms with Crippen molar-refractivity contribution >= 4 is 0 Å². The number of hydrogen-bond acceptors (Lipinski definition) is 2.